The number of halogens is 1. The van der Waals surface area contributed by atoms with Crippen LogP contribution in [0.5, 0.6) is 0 Å². The summed E-state index contributed by atoms with van der Waals surface area (Å²) >= 11 is 0. The summed E-state index contributed by atoms with van der Waals surface area (Å²) < 4.78 is 0. The van der Waals surface area contributed by atoms with E-state index in [-0.39, 0.29) is 24.0 Å². The molecular weight excluding hydrogens is 451 g/mol. The van der Waals surface area contributed by atoms with Gasteiger partial charge in [0.05, 0.1) is 12.2 Å². The molecule has 27 heavy (non-hydrogen) atoms. The Kier molecular flexibility index (Phi) is 9.06. The van der Waals surface area contributed by atoms with E-state index in [0.717, 1.165) is 44.1 Å². The number of aliphatic imine (C=N–C) groups is 1. The van der Waals surface area contributed by atoms with Crippen LogP contribution in [0, 0.1) is 0 Å². The van der Waals surface area contributed by atoms with Gasteiger partial charge < -0.3 is 10.6 Å². The Morgan fingerprint density at radius 1 is 1.30 bits per heavy atom. The van der Waals surface area contributed by atoms with Crippen LogP contribution in [0.1, 0.15) is 37.9 Å². The fraction of sp³-hybridized carbons (Fsp3) is 0.500. The molecule has 1 aromatic heterocycles. The maximum Gasteiger partial charge on any atom is 0.191 e. The molecule has 148 valence electrons. The number of aromatic amines is 1. The molecule has 3 rings (SSSR count). The van der Waals surface area contributed by atoms with E-state index in [1.165, 1.54) is 5.56 Å². The number of rotatable bonds is 6. The molecule has 6 nitrogen and oxygen atoms in total. The standard InChI is InChI=1S/C20H30N6.HI/c1-3-21-20(22-14-19-9-11-23-25-19)24-18-10-12-26(16(2)13-18)15-17-7-5-4-6-8-17;/h4-9,11,16,18H,3,10,12-15H2,1-2H3,(H,23,25)(H2,21,22,24);1H. The molecule has 0 spiro atoms. The third kappa shape index (κ3) is 6.80. The Hall–Kier alpha value is -1.61. The molecule has 0 aliphatic carbocycles. The second-order valence-electron chi connectivity index (χ2n) is 6.95. The van der Waals surface area contributed by atoms with Crippen molar-refractivity contribution in [2.45, 2.75) is 51.9 Å². The van der Waals surface area contributed by atoms with Gasteiger partial charge in [0.2, 0.25) is 0 Å². The minimum atomic E-state index is 0. The van der Waals surface area contributed by atoms with E-state index in [2.05, 4.69) is 74.9 Å². The summed E-state index contributed by atoms with van der Waals surface area (Å²) in [5.41, 5.74) is 2.41. The van der Waals surface area contributed by atoms with Crippen LogP contribution in [0.15, 0.2) is 47.6 Å². The number of nitrogens with one attached hydrogen (secondary N) is 3. The number of piperidine rings is 1. The monoisotopic (exact) mass is 482 g/mol. The van der Waals surface area contributed by atoms with E-state index in [4.69, 9.17) is 0 Å². The first-order valence-corrected chi connectivity index (χ1v) is 9.55. The largest absolute Gasteiger partial charge is 0.357 e. The number of hydrogen-bond acceptors (Lipinski definition) is 3. The van der Waals surface area contributed by atoms with E-state index in [9.17, 15) is 0 Å². The number of nitrogens with zero attached hydrogens (tertiary/aromatic N) is 3. The molecule has 0 bridgehead atoms. The van der Waals surface area contributed by atoms with E-state index in [1.54, 1.807) is 6.20 Å². The lowest BCUT2D eigenvalue weighted by molar-refractivity contribution is 0.134. The Morgan fingerprint density at radius 3 is 2.78 bits per heavy atom. The summed E-state index contributed by atoms with van der Waals surface area (Å²) in [6.45, 7) is 8.02. The summed E-state index contributed by atoms with van der Waals surface area (Å²) in [6, 6.07) is 13.7. The van der Waals surface area contributed by atoms with Crippen molar-refractivity contribution < 1.29 is 0 Å². The van der Waals surface area contributed by atoms with Gasteiger partial charge in [-0.25, -0.2) is 4.99 Å². The van der Waals surface area contributed by atoms with Crippen LogP contribution >= 0.6 is 24.0 Å². The average Bonchev–Trinajstić information content (AvgIpc) is 3.17. The van der Waals surface area contributed by atoms with Crippen molar-refractivity contribution in [3.05, 3.63) is 53.9 Å². The molecule has 2 aromatic rings. The molecule has 1 aliphatic rings. The smallest absolute Gasteiger partial charge is 0.191 e. The first kappa shape index (κ1) is 21.7. The average molecular weight is 482 g/mol. The second kappa shape index (κ2) is 11.3. The van der Waals surface area contributed by atoms with Gasteiger partial charge in [-0.05, 0) is 38.3 Å². The maximum atomic E-state index is 4.67. The lowest BCUT2D eigenvalue weighted by atomic mass is 9.97. The predicted molar refractivity (Wildman–Crippen MR) is 121 cm³/mol. The zero-order chi connectivity index (χ0) is 18.2. The number of benzene rings is 1. The van der Waals surface area contributed by atoms with E-state index in [0.29, 0.717) is 18.6 Å². The van der Waals surface area contributed by atoms with Gasteiger partial charge in [-0.1, -0.05) is 30.3 Å². The van der Waals surface area contributed by atoms with Gasteiger partial charge in [-0.2, -0.15) is 5.10 Å². The Balaban J connectivity index is 0.00000261. The van der Waals surface area contributed by atoms with Gasteiger partial charge in [0, 0.05) is 37.9 Å². The highest BCUT2D eigenvalue weighted by atomic mass is 127. The lowest BCUT2D eigenvalue weighted by Gasteiger charge is -2.38. The number of likely N-dealkylation sites (tertiary alicyclic amines) is 1. The third-order valence-electron chi connectivity index (χ3n) is 4.89. The van der Waals surface area contributed by atoms with Gasteiger partial charge >= 0.3 is 0 Å². The molecular formula is C20H31IN6. The van der Waals surface area contributed by atoms with Crippen LogP contribution in [0.4, 0.5) is 0 Å². The zero-order valence-corrected chi connectivity index (χ0v) is 18.5. The topological polar surface area (TPSA) is 68.3 Å². The highest BCUT2D eigenvalue weighted by Gasteiger charge is 2.25. The molecule has 1 saturated heterocycles. The molecule has 0 radical (unpaired) electrons. The van der Waals surface area contributed by atoms with Crippen LogP contribution in [0.3, 0.4) is 0 Å². The molecule has 1 aliphatic heterocycles. The van der Waals surface area contributed by atoms with Crippen molar-refractivity contribution in [3.8, 4) is 0 Å². The molecule has 3 N–H and O–H groups in total. The summed E-state index contributed by atoms with van der Waals surface area (Å²) in [5.74, 6) is 0.885. The summed E-state index contributed by atoms with van der Waals surface area (Å²) in [4.78, 5) is 7.24. The van der Waals surface area contributed by atoms with Crippen LogP contribution < -0.4 is 10.6 Å². The first-order chi connectivity index (χ1) is 12.7. The fourth-order valence-electron chi connectivity index (χ4n) is 3.45. The normalized spacial score (nSPS) is 20.7. The van der Waals surface area contributed by atoms with Gasteiger partial charge in [-0.3, -0.25) is 10.00 Å². The second-order valence-corrected chi connectivity index (χ2v) is 6.95. The van der Waals surface area contributed by atoms with Crippen molar-refractivity contribution in [2.24, 2.45) is 4.99 Å². The highest BCUT2D eigenvalue weighted by molar-refractivity contribution is 14.0. The SMILES string of the molecule is CCNC(=NCc1ccn[nH]1)NC1CCN(Cc2ccccc2)C(C)C1.I. The quantitative estimate of drug-likeness (QED) is 0.336. The van der Waals surface area contributed by atoms with Crippen molar-refractivity contribution in [1.29, 1.82) is 0 Å². The predicted octanol–water partition coefficient (Wildman–Crippen LogP) is 3.14. The molecule has 1 aromatic carbocycles. The summed E-state index contributed by atoms with van der Waals surface area (Å²) in [6.07, 6.45) is 4.02. The van der Waals surface area contributed by atoms with Gasteiger partial charge in [0.15, 0.2) is 5.96 Å². The minimum Gasteiger partial charge on any atom is -0.357 e. The van der Waals surface area contributed by atoms with Crippen LogP contribution in [0.2, 0.25) is 0 Å². The number of hydrogen-bond donors (Lipinski definition) is 3. The molecule has 7 heteroatoms. The van der Waals surface area contributed by atoms with Gasteiger partial charge in [-0.15, -0.1) is 24.0 Å². The van der Waals surface area contributed by atoms with Crippen LogP contribution in [-0.4, -0.2) is 46.2 Å². The Bertz CT molecular complexity index is 673. The molecule has 2 heterocycles. The van der Waals surface area contributed by atoms with Gasteiger partial charge in [0.25, 0.3) is 0 Å². The lowest BCUT2D eigenvalue weighted by Crippen LogP contribution is -2.51. The fourth-order valence-corrected chi connectivity index (χ4v) is 3.45. The number of aromatic nitrogens is 2. The molecule has 0 saturated carbocycles. The van der Waals surface area contributed by atoms with Crippen LogP contribution in [-0.2, 0) is 13.1 Å². The highest BCUT2D eigenvalue weighted by Crippen LogP contribution is 2.19. The van der Waals surface area contributed by atoms with E-state index >= 15 is 0 Å². The minimum absolute atomic E-state index is 0. The molecule has 0 amide bonds. The Morgan fingerprint density at radius 2 is 2.11 bits per heavy atom. The zero-order valence-electron chi connectivity index (χ0n) is 16.2. The molecule has 1 fully saturated rings. The van der Waals surface area contributed by atoms with E-state index < -0.39 is 0 Å². The van der Waals surface area contributed by atoms with Crippen molar-refractivity contribution >= 4 is 29.9 Å². The molecule has 2 atom stereocenters. The van der Waals surface area contributed by atoms with Crippen LogP contribution in [0.25, 0.3) is 0 Å². The molecule has 2 unspecified atom stereocenters. The van der Waals surface area contributed by atoms with Crippen molar-refractivity contribution in [1.82, 2.24) is 25.7 Å². The van der Waals surface area contributed by atoms with Crippen molar-refractivity contribution in [3.63, 3.8) is 0 Å². The number of guanidine groups is 1. The third-order valence-corrected chi connectivity index (χ3v) is 4.89. The van der Waals surface area contributed by atoms with E-state index in [1.807, 2.05) is 6.07 Å². The maximum absolute atomic E-state index is 4.67. The number of H-pyrrole nitrogens is 1. The summed E-state index contributed by atoms with van der Waals surface area (Å²) in [7, 11) is 0. The summed E-state index contributed by atoms with van der Waals surface area (Å²) in [5, 5.41) is 13.9. The Labute approximate surface area is 179 Å². The van der Waals surface area contributed by atoms with Crippen molar-refractivity contribution in [2.75, 3.05) is 13.1 Å². The first-order valence-electron chi connectivity index (χ1n) is 9.55. The van der Waals surface area contributed by atoms with Gasteiger partial charge in [0.1, 0.15) is 0 Å².